The van der Waals surface area contributed by atoms with Crippen LogP contribution in [0.15, 0.2) is 42.7 Å². The fourth-order valence-electron chi connectivity index (χ4n) is 2.40. The third-order valence-electron chi connectivity index (χ3n) is 3.71. The number of hydrogen-bond donors (Lipinski definition) is 1. The predicted molar refractivity (Wildman–Crippen MR) is 86.4 cm³/mol. The lowest BCUT2D eigenvalue weighted by Gasteiger charge is -2.14. The van der Waals surface area contributed by atoms with Crippen LogP contribution in [0.3, 0.4) is 0 Å². The van der Waals surface area contributed by atoms with Gasteiger partial charge in [-0.2, -0.15) is 0 Å². The largest absolute Gasteiger partial charge is 0.457 e. The molecule has 3 rings (SSSR count). The zero-order valence-electron chi connectivity index (χ0n) is 13.2. The number of anilines is 1. The number of halogens is 1. The summed E-state index contributed by atoms with van der Waals surface area (Å²) in [6.45, 7) is 0.410. The highest BCUT2D eigenvalue weighted by molar-refractivity contribution is 5.93. The molecular weight excluding hydrogens is 329 g/mol. The van der Waals surface area contributed by atoms with Gasteiger partial charge in [0.05, 0.1) is 17.8 Å². The molecule has 0 spiro atoms. The van der Waals surface area contributed by atoms with Crippen LogP contribution in [-0.4, -0.2) is 36.2 Å². The topological polar surface area (TPSA) is 94.8 Å². The van der Waals surface area contributed by atoms with E-state index in [4.69, 9.17) is 15.2 Å². The number of benzene rings is 1. The van der Waals surface area contributed by atoms with Crippen LogP contribution >= 0.6 is 0 Å². The van der Waals surface area contributed by atoms with E-state index in [0.29, 0.717) is 11.3 Å². The van der Waals surface area contributed by atoms with Crippen LogP contribution in [0.5, 0.6) is 0 Å². The smallest absolute Gasteiger partial charge is 0.414 e. The highest BCUT2D eigenvalue weighted by atomic mass is 19.1. The first-order valence-electron chi connectivity index (χ1n) is 7.62. The summed E-state index contributed by atoms with van der Waals surface area (Å²) in [6.07, 6.45) is 2.13. The zero-order valence-corrected chi connectivity index (χ0v) is 13.2. The van der Waals surface area contributed by atoms with E-state index < -0.39 is 24.0 Å². The van der Waals surface area contributed by atoms with Crippen molar-refractivity contribution < 1.29 is 23.5 Å². The first kappa shape index (κ1) is 16.8. The molecule has 2 aromatic rings. The van der Waals surface area contributed by atoms with E-state index in [2.05, 4.69) is 4.98 Å². The first-order valence-corrected chi connectivity index (χ1v) is 7.62. The number of ether oxygens (including phenoxy) is 2. The molecule has 25 heavy (non-hydrogen) atoms. The van der Waals surface area contributed by atoms with Gasteiger partial charge in [-0.15, -0.1) is 0 Å². The van der Waals surface area contributed by atoms with E-state index in [0.717, 1.165) is 6.07 Å². The zero-order chi connectivity index (χ0) is 17.8. The molecule has 1 aliphatic heterocycles. The lowest BCUT2D eigenvalue weighted by Crippen LogP contribution is -2.27. The van der Waals surface area contributed by atoms with E-state index in [1.807, 2.05) is 0 Å². The fraction of sp³-hybridized carbons (Fsp3) is 0.235. The Morgan fingerprint density at radius 3 is 2.92 bits per heavy atom. The van der Waals surface area contributed by atoms with E-state index in [1.165, 1.54) is 17.0 Å². The Bertz CT molecular complexity index is 785. The average molecular weight is 345 g/mol. The van der Waals surface area contributed by atoms with Gasteiger partial charge in [0.1, 0.15) is 18.5 Å². The van der Waals surface area contributed by atoms with Crippen LogP contribution in [0.25, 0.3) is 0 Å². The number of cyclic esters (lactones) is 1. The first-order chi connectivity index (χ1) is 12.1. The van der Waals surface area contributed by atoms with Gasteiger partial charge in [-0.25, -0.2) is 14.0 Å². The van der Waals surface area contributed by atoms with E-state index in [1.54, 1.807) is 24.5 Å². The highest BCUT2D eigenvalue weighted by Crippen LogP contribution is 2.24. The normalized spacial score (nSPS) is 16.6. The van der Waals surface area contributed by atoms with E-state index >= 15 is 0 Å². The molecule has 0 unspecified atom stereocenters. The van der Waals surface area contributed by atoms with Crippen molar-refractivity contribution in [3.8, 4) is 0 Å². The average Bonchev–Trinajstić information content (AvgIpc) is 3.01. The molecule has 8 heteroatoms. The second-order valence-corrected chi connectivity index (χ2v) is 5.45. The van der Waals surface area contributed by atoms with Gasteiger partial charge in [-0.3, -0.25) is 9.88 Å². The minimum atomic E-state index is -0.795. The Labute approximate surface area is 143 Å². The van der Waals surface area contributed by atoms with Gasteiger partial charge in [0.15, 0.2) is 0 Å². The molecule has 1 aromatic carbocycles. The lowest BCUT2D eigenvalue weighted by molar-refractivity contribution is 0.0467. The molecule has 1 fully saturated rings. The molecule has 1 aromatic heterocycles. The third kappa shape index (κ3) is 3.74. The quantitative estimate of drug-likeness (QED) is 0.831. The molecule has 7 nitrogen and oxygen atoms in total. The third-order valence-corrected chi connectivity index (χ3v) is 3.71. The standard InChI is InChI=1S/C17H16FN3O4/c18-15-6-12(21-9-13(7-19)25-17(21)23)3-4-14(15)16(22)24-10-11-2-1-5-20-8-11/h1-6,8,13H,7,9-10,19H2/t13-/m0/s1. The number of esters is 1. The van der Waals surface area contributed by atoms with Gasteiger partial charge in [-0.1, -0.05) is 6.07 Å². The number of amides is 1. The summed E-state index contributed by atoms with van der Waals surface area (Å²) in [5.41, 5.74) is 6.24. The number of carbonyl (C=O) groups excluding carboxylic acids is 2. The van der Waals surface area contributed by atoms with Crippen molar-refractivity contribution in [3.63, 3.8) is 0 Å². The number of rotatable bonds is 5. The van der Waals surface area contributed by atoms with Gasteiger partial charge >= 0.3 is 12.1 Å². The summed E-state index contributed by atoms with van der Waals surface area (Å²) < 4.78 is 24.4. The van der Waals surface area contributed by atoms with Gasteiger partial charge in [-0.05, 0) is 24.3 Å². The maximum Gasteiger partial charge on any atom is 0.414 e. The molecular formula is C17H16FN3O4. The SMILES string of the molecule is NC[C@H]1CN(c2ccc(C(=O)OCc3cccnc3)c(F)c2)C(=O)O1. The van der Waals surface area contributed by atoms with Crippen molar-refractivity contribution in [2.75, 3.05) is 18.0 Å². The van der Waals surface area contributed by atoms with Crippen molar-refractivity contribution in [1.29, 1.82) is 0 Å². The summed E-state index contributed by atoms with van der Waals surface area (Å²) >= 11 is 0. The Morgan fingerprint density at radius 2 is 2.28 bits per heavy atom. The van der Waals surface area contributed by atoms with Crippen LogP contribution in [0.4, 0.5) is 14.9 Å². The Morgan fingerprint density at radius 1 is 1.44 bits per heavy atom. The Hall–Kier alpha value is -3.00. The molecule has 0 aliphatic carbocycles. The van der Waals surface area contributed by atoms with Crippen LogP contribution in [0.2, 0.25) is 0 Å². The van der Waals surface area contributed by atoms with Crippen molar-refractivity contribution in [3.05, 3.63) is 59.7 Å². The van der Waals surface area contributed by atoms with Gasteiger partial charge in [0.2, 0.25) is 0 Å². The van der Waals surface area contributed by atoms with Crippen LogP contribution in [0, 0.1) is 5.82 Å². The number of nitrogens with zero attached hydrogens (tertiary/aromatic N) is 2. The number of aromatic nitrogens is 1. The maximum atomic E-state index is 14.3. The van der Waals surface area contributed by atoms with Crippen LogP contribution in [0.1, 0.15) is 15.9 Å². The van der Waals surface area contributed by atoms with Crippen molar-refractivity contribution in [1.82, 2.24) is 4.98 Å². The second-order valence-electron chi connectivity index (χ2n) is 5.45. The van der Waals surface area contributed by atoms with E-state index in [9.17, 15) is 14.0 Å². The molecule has 1 amide bonds. The minimum absolute atomic E-state index is 0.00943. The van der Waals surface area contributed by atoms with Gasteiger partial charge in [0.25, 0.3) is 0 Å². The molecule has 1 saturated heterocycles. The molecule has 2 heterocycles. The van der Waals surface area contributed by atoms with Crippen molar-refractivity contribution in [2.45, 2.75) is 12.7 Å². The number of pyridine rings is 1. The second kappa shape index (κ2) is 7.27. The van der Waals surface area contributed by atoms with Crippen LogP contribution < -0.4 is 10.6 Å². The predicted octanol–water partition coefficient (Wildman–Crippen LogP) is 1.86. The highest BCUT2D eigenvalue weighted by Gasteiger charge is 2.32. The van der Waals surface area contributed by atoms with Crippen molar-refractivity contribution >= 4 is 17.7 Å². The molecule has 1 aliphatic rings. The number of nitrogens with two attached hydrogens (primary N) is 1. The maximum absolute atomic E-state index is 14.3. The summed E-state index contributed by atoms with van der Waals surface area (Å²) in [5, 5.41) is 0. The molecule has 0 radical (unpaired) electrons. The summed E-state index contributed by atoms with van der Waals surface area (Å²) in [4.78, 5) is 29.0. The summed E-state index contributed by atoms with van der Waals surface area (Å²) in [6, 6.07) is 7.29. The Balaban J connectivity index is 1.69. The monoisotopic (exact) mass is 345 g/mol. The summed E-state index contributed by atoms with van der Waals surface area (Å²) in [5.74, 6) is -1.57. The molecule has 2 N–H and O–H groups in total. The fourth-order valence-corrected chi connectivity index (χ4v) is 2.40. The molecule has 1 atom stereocenters. The van der Waals surface area contributed by atoms with Crippen molar-refractivity contribution in [2.24, 2.45) is 5.73 Å². The Kier molecular flexibility index (Phi) is 4.90. The van der Waals surface area contributed by atoms with E-state index in [-0.39, 0.29) is 25.3 Å². The summed E-state index contributed by atoms with van der Waals surface area (Å²) in [7, 11) is 0. The van der Waals surface area contributed by atoms with Crippen LogP contribution in [-0.2, 0) is 16.1 Å². The molecule has 0 saturated carbocycles. The van der Waals surface area contributed by atoms with Gasteiger partial charge in [0, 0.05) is 24.5 Å². The molecule has 0 bridgehead atoms. The number of hydrogen-bond acceptors (Lipinski definition) is 6. The molecule has 130 valence electrons. The number of carbonyl (C=O) groups is 2. The van der Waals surface area contributed by atoms with Gasteiger partial charge < -0.3 is 15.2 Å². The lowest BCUT2D eigenvalue weighted by atomic mass is 10.1. The minimum Gasteiger partial charge on any atom is -0.457 e.